The van der Waals surface area contributed by atoms with Crippen LogP contribution in [-0.2, 0) is 26.4 Å². The van der Waals surface area contributed by atoms with E-state index >= 15 is 0 Å². The number of amides is 1. The summed E-state index contributed by atoms with van der Waals surface area (Å²) in [6, 6.07) is 3.60. The molecule has 0 spiro atoms. The molecule has 26 heavy (non-hydrogen) atoms. The van der Waals surface area contributed by atoms with Crippen LogP contribution in [-0.4, -0.2) is 43.5 Å². The fourth-order valence-corrected chi connectivity index (χ4v) is 4.11. The molecule has 4 rings (SSSR count). The molecule has 0 N–H and O–H groups in total. The molecule has 1 saturated heterocycles. The third kappa shape index (κ3) is 3.18. The van der Waals surface area contributed by atoms with Gasteiger partial charge < -0.3 is 4.90 Å². The van der Waals surface area contributed by atoms with Crippen LogP contribution in [0.2, 0.25) is 0 Å². The highest BCUT2D eigenvalue weighted by atomic mass is 16.2. The monoisotopic (exact) mass is 355 g/mol. The molecule has 138 valence electrons. The molecule has 2 aliphatic rings. The summed E-state index contributed by atoms with van der Waals surface area (Å²) in [5.41, 5.74) is 3.71. The lowest BCUT2D eigenvalue weighted by atomic mass is 9.96. The van der Waals surface area contributed by atoms with Crippen molar-refractivity contribution in [2.75, 3.05) is 13.1 Å². The largest absolute Gasteiger partial charge is 0.337 e. The molecule has 0 aromatic carbocycles. The van der Waals surface area contributed by atoms with Gasteiger partial charge in [0.05, 0.1) is 11.4 Å². The van der Waals surface area contributed by atoms with E-state index in [4.69, 9.17) is 0 Å². The minimum absolute atomic E-state index is 0.00881. The van der Waals surface area contributed by atoms with Crippen molar-refractivity contribution in [3.63, 3.8) is 0 Å². The Hall–Kier alpha value is -2.44. The van der Waals surface area contributed by atoms with Gasteiger partial charge in [0.2, 0.25) is 0 Å². The van der Waals surface area contributed by atoms with Crippen molar-refractivity contribution in [3.05, 3.63) is 45.1 Å². The SMILES string of the molecule is Cc1cc(C(=O)N2CCC(Cn3nc4c(cc3=O)CCC4)CC2)n(C)n1. The summed E-state index contributed by atoms with van der Waals surface area (Å²) in [4.78, 5) is 26.8. The zero-order valence-electron chi connectivity index (χ0n) is 15.4. The standard InChI is InChI=1S/C19H25N5O2/c1-13-10-17(22(2)20-13)19(26)23-8-6-14(7-9-23)12-24-18(25)11-15-4-3-5-16(15)21-24/h10-11,14H,3-9,12H2,1-2H3. The van der Waals surface area contributed by atoms with Gasteiger partial charge in [-0.2, -0.15) is 10.2 Å². The van der Waals surface area contributed by atoms with Crippen LogP contribution in [0.3, 0.4) is 0 Å². The maximum absolute atomic E-state index is 12.7. The first kappa shape index (κ1) is 17.0. The summed E-state index contributed by atoms with van der Waals surface area (Å²) < 4.78 is 3.29. The van der Waals surface area contributed by atoms with Gasteiger partial charge in [0.15, 0.2) is 0 Å². The predicted molar refractivity (Wildman–Crippen MR) is 97.1 cm³/mol. The van der Waals surface area contributed by atoms with E-state index in [9.17, 15) is 9.59 Å². The maximum Gasteiger partial charge on any atom is 0.272 e. The van der Waals surface area contributed by atoms with Crippen LogP contribution >= 0.6 is 0 Å². The summed E-state index contributed by atoms with van der Waals surface area (Å²) in [6.45, 7) is 3.98. The lowest BCUT2D eigenvalue weighted by molar-refractivity contribution is 0.0669. The van der Waals surface area contributed by atoms with Crippen molar-refractivity contribution in [2.24, 2.45) is 13.0 Å². The zero-order chi connectivity index (χ0) is 18.3. The van der Waals surface area contributed by atoms with Crippen molar-refractivity contribution in [1.29, 1.82) is 0 Å². The molecule has 3 heterocycles. The third-order valence-corrected chi connectivity index (χ3v) is 5.58. The number of hydrogen-bond acceptors (Lipinski definition) is 4. The number of carbonyl (C=O) groups is 1. The molecule has 0 unspecified atom stereocenters. The van der Waals surface area contributed by atoms with E-state index in [1.807, 2.05) is 17.9 Å². The lowest BCUT2D eigenvalue weighted by Crippen LogP contribution is -2.41. The smallest absolute Gasteiger partial charge is 0.272 e. The Morgan fingerprint density at radius 1 is 1.19 bits per heavy atom. The van der Waals surface area contributed by atoms with Gasteiger partial charge >= 0.3 is 0 Å². The first-order valence-corrected chi connectivity index (χ1v) is 9.41. The molecule has 1 aliphatic carbocycles. The molecule has 0 radical (unpaired) electrons. The van der Waals surface area contributed by atoms with Crippen molar-refractivity contribution in [1.82, 2.24) is 24.5 Å². The van der Waals surface area contributed by atoms with Crippen LogP contribution in [0.5, 0.6) is 0 Å². The molecular formula is C19H25N5O2. The van der Waals surface area contributed by atoms with Crippen molar-refractivity contribution >= 4 is 5.91 Å². The number of fused-ring (bicyclic) bond motifs is 1. The van der Waals surface area contributed by atoms with Crippen LogP contribution in [0.25, 0.3) is 0 Å². The Morgan fingerprint density at radius 3 is 2.65 bits per heavy atom. The number of hydrogen-bond donors (Lipinski definition) is 0. The van der Waals surface area contributed by atoms with Gasteiger partial charge in [0, 0.05) is 32.7 Å². The summed E-state index contributed by atoms with van der Waals surface area (Å²) in [7, 11) is 1.80. The molecule has 0 saturated carbocycles. The van der Waals surface area contributed by atoms with Crippen molar-refractivity contribution in [3.8, 4) is 0 Å². The van der Waals surface area contributed by atoms with Crippen LogP contribution in [0, 0.1) is 12.8 Å². The van der Waals surface area contributed by atoms with Gasteiger partial charge in [-0.05, 0) is 56.6 Å². The van der Waals surface area contributed by atoms with E-state index in [-0.39, 0.29) is 11.5 Å². The van der Waals surface area contributed by atoms with Gasteiger partial charge in [-0.25, -0.2) is 4.68 Å². The quantitative estimate of drug-likeness (QED) is 0.833. The lowest BCUT2D eigenvalue weighted by Gasteiger charge is -2.32. The molecule has 1 amide bonds. The Balaban J connectivity index is 1.39. The Bertz CT molecular complexity index is 890. The normalized spacial score (nSPS) is 17.5. The maximum atomic E-state index is 12.7. The van der Waals surface area contributed by atoms with E-state index < -0.39 is 0 Å². The average Bonchev–Trinajstić information content (AvgIpc) is 3.20. The second kappa shape index (κ2) is 6.70. The molecule has 0 bridgehead atoms. The van der Waals surface area contributed by atoms with Gasteiger partial charge in [-0.1, -0.05) is 0 Å². The molecule has 7 heteroatoms. The fourth-order valence-electron chi connectivity index (χ4n) is 4.11. The van der Waals surface area contributed by atoms with Crippen molar-refractivity contribution in [2.45, 2.75) is 45.6 Å². The first-order chi connectivity index (χ1) is 12.5. The number of likely N-dealkylation sites (tertiary alicyclic amines) is 1. The number of aryl methyl sites for hydroxylation is 4. The number of aromatic nitrogens is 4. The fraction of sp³-hybridized carbons (Fsp3) is 0.579. The minimum Gasteiger partial charge on any atom is -0.337 e. The van der Waals surface area contributed by atoms with E-state index in [1.54, 1.807) is 22.5 Å². The first-order valence-electron chi connectivity index (χ1n) is 9.41. The predicted octanol–water partition coefficient (Wildman–Crippen LogP) is 1.33. The highest BCUT2D eigenvalue weighted by Gasteiger charge is 2.26. The minimum atomic E-state index is 0.00881. The topological polar surface area (TPSA) is 73.0 Å². The number of carbonyl (C=O) groups excluding carboxylic acids is 1. The van der Waals surface area contributed by atoms with Crippen LogP contribution in [0.4, 0.5) is 0 Å². The van der Waals surface area contributed by atoms with E-state index in [2.05, 4.69) is 10.2 Å². The number of piperidine rings is 1. The molecule has 1 aliphatic heterocycles. The molecule has 2 aromatic rings. The Kier molecular flexibility index (Phi) is 4.38. The van der Waals surface area contributed by atoms with Crippen molar-refractivity contribution < 1.29 is 4.79 Å². The number of nitrogens with zero attached hydrogens (tertiary/aromatic N) is 5. The van der Waals surface area contributed by atoms with Gasteiger partial charge in [-0.15, -0.1) is 0 Å². The molecular weight excluding hydrogens is 330 g/mol. The van der Waals surface area contributed by atoms with Gasteiger partial charge in [0.25, 0.3) is 11.5 Å². The Morgan fingerprint density at radius 2 is 1.96 bits per heavy atom. The average molecular weight is 355 g/mol. The molecule has 7 nitrogen and oxygen atoms in total. The number of rotatable bonds is 3. The van der Waals surface area contributed by atoms with E-state index in [0.29, 0.717) is 31.2 Å². The summed E-state index contributed by atoms with van der Waals surface area (Å²) in [6.07, 6.45) is 4.85. The second-order valence-corrected chi connectivity index (χ2v) is 7.52. The summed E-state index contributed by atoms with van der Waals surface area (Å²) in [5, 5.41) is 8.83. The van der Waals surface area contributed by atoms with E-state index in [1.165, 1.54) is 0 Å². The molecule has 0 atom stereocenters. The molecule has 2 aromatic heterocycles. The summed E-state index contributed by atoms with van der Waals surface area (Å²) >= 11 is 0. The van der Waals surface area contributed by atoms with Crippen LogP contribution in [0.15, 0.2) is 16.9 Å². The van der Waals surface area contributed by atoms with Gasteiger partial charge in [0.1, 0.15) is 5.69 Å². The highest BCUT2D eigenvalue weighted by molar-refractivity contribution is 5.92. The van der Waals surface area contributed by atoms with Crippen LogP contribution < -0.4 is 5.56 Å². The third-order valence-electron chi connectivity index (χ3n) is 5.58. The van der Waals surface area contributed by atoms with Gasteiger partial charge in [-0.3, -0.25) is 14.3 Å². The summed E-state index contributed by atoms with van der Waals surface area (Å²) in [5.74, 6) is 0.427. The zero-order valence-corrected chi connectivity index (χ0v) is 15.4. The second-order valence-electron chi connectivity index (χ2n) is 7.52. The van der Waals surface area contributed by atoms with E-state index in [0.717, 1.165) is 49.1 Å². The Labute approximate surface area is 152 Å². The molecule has 1 fully saturated rings. The van der Waals surface area contributed by atoms with Crippen LogP contribution in [0.1, 0.15) is 46.7 Å². The highest BCUT2D eigenvalue weighted by Crippen LogP contribution is 2.21.